The van der Waals surface area contributed by atoms with Gasteiger partial charge in [-0.15, -0.1) is 0 Å². The first kappa shape index (κ1) is 15.0. The van der Waals surface area contributed by atoms with Crippen molar-refractivity contribution in [3.63, 3.8) is 0 Å². The van der Waals surface area contributed by atoms with Crippen molar-refractivity contribution in [2.75, 3.05) is 21.3 Å². The van der Waals surface area contributed by atoms with E-state index in [0.29, 0.717) is 17.2 Å². The molecule has 1 heterocycles. The highest BCUT2D eigenvalue weighted by atomic mass is 16.5. The van der Waals surface area contributed by atoms with Gasteiger partial charge < -0.3 is 19.2 Å². The first-order valence-corrected chi connectivity index (χ1v) is 7.31. The van der Waals surface area contributed by atoms with Crippen molar-refractivity contribution < 1.29 is 14.2 Å². The fraction of sp³-hybridized carbons (Fsp3) is 0.158. The summed E-state index contributed by atoms with van der Waals surface area (Å²) in [4.78, 5) is 3.19. The predicted octanol–water partition coefficient (Wildman–Crippen LogP) is 4.37. The van der Waals surface area contributed by atoms with E-state index in [1.165, 1.54) is 0 Å². The molecule has 0 atom stereocenters. The number of rotatable bonds is 5. The molecule has 0 aliphatic carbocycles. The first-order valence-electron chi connectivity index (χ1n) is 7.31. The summed E-state index contributed by atoms with van der Waals surface area (Å²) in [5, 5.41) is 0. The Hall–Kier alpha value is -2.88. The molecule has 0 saturated carbocycles. The van der Waals surface area contributed by atoms with E-state index >= 15 is 0 Å². The Kier molecular flexibility index (Phi) is 4.24. The smallest absolute Gasteiger partial charge is 0.203 e. The number of aromatic amines is 1. The molecule has 0 fully saturated rings. The molecular weight excluding hydrogens is 290 g/mol. The second kappa shape index (κ2) is 6.48. The monoisotopic (exact) mass is 309 g/mol. The molecule has 3 rings (SSSR count). The third-order valence-corrected chi connectivity index (χ3v) is 3.81. The van der Waals surface area contributed by atoms with Gasteiger partial charge in [0.25, 0.3) is 0 Å². The van der Waals surface area contributed by atoms with Gasteiger partial charge in [-0.3, -0.25) is 0 Å². The van der Waals surface area contributed by atoms with Crippen molar-refractivity contribution in [2.45, 2.75) is 0 Å². The van der Waals surface area contributed by atoms with Crippen molar-refractivity contribution in [2.24, 2.45) is 0 Å². The van der Waals surface area contributed by atoms with E-state index in [2.05, 4.69) is 17.1 Å². The van der Waals surface area contributed by atoms with E-state index in [4.69, 9.17) is 14.2 Å². The Balaban J connectivity index is 2.15. The number of methoxy groups -OCH3 is 3. The number of aromatic nitrogens is 1. The van der Waals surface area contributed by atoms with Crippen molar-refractivity contribution in [3.05, 3.63) is 54.9 Å². The molecule has 1 aromatic heterocycles. The predicted molar refractivity (Wildman–Crippen MR) is 91.3 cm³/mol. The summed E-state index contributed by atoms with van der Waals surface area (Å²) in [7, 11) is 4.85. The maximum absolute atomic E-state index is 5.45. The molecule has 0 amide bonds. The van der Waals surface area contributed by atoms with E-state index in [0.717, 1.165) is 22.3 Å². The van der Waals surface area contributed by atoms with Crippen LogP contribution in [0.3, 0.4) is 0 Å². The highest BCUT2D eigenvalue weighted by molar-refractivity contribution is 5.84. The fourth-order valence-electron chi connectivity index (χ4n) is 2.70. The van der Waals surface area contributed by atoms with Crippen molar-refractivity contribution in [1.82, 2.24) is 4.98 Å². The maximum atomic E-state index is 5.45. The van der Waals surface area contributed by atoms with Gasteiger partial charge in [-0.1, -0.05) is 30.3 Å². The van der Waals surface area contributed by atoms with Crippen LogP contribution in [0.4, 0.5) is 0 Å². The third-order valence-electron chi connectivity index (χ3n) is 3.81. The van der Waals surface area contributed by atoms with Gasteiger partial charge in [-0.25, -0.2) is 0 Å². The maximum Gasteiger partial charge on any atom is 0.203 e. The van der Waals surface area contributed by atoms with Crippen molar-refractivity contribution in [3.8, 4) is 39.5 Å². The molecular formula is C19H19NO3. The van der Waals surface area contributed by atoms with Gasteiger partial charge in [-0.05, 0) is 23.3 Å². The summed E-state index contributed by atoms with van der Waals surface area (Å²) >= 11 is 0. The van der Waals surface area contributed by atoms with Crippen LogP contribution in [0, 0.1) is 0 Å². The molecule has 2 aromatic carbocycles. The number of hydrogen-bond donors (Lipinski definition) is 1. The number of hydrogen-bond acceptors (Lipinski definition) is 3. The SMILES string of the molecule is COc1cc(-c2c[nH]cc2-c2ccccc2)cc(OC)c1OC. The quantitative estimate of drug-likeness (QED) is 0.761. The minimum Gasteiger partial charge on any atom is -0.493 e. The molecule has 0 aliphatic heterocycles. The van der Waals surface area contributed by atoms with Crippen molar-refractivity contribution >= 4 is 0 Å². The van der Waals surface area contributed by atoms with E-state index in [1.54, 1.807) is 21.3 Å². The molecule has 118 valence electrons. The third kappa shape index (κ3) is 2.75. The molecule has 0 saturated heterocycles. The molecule has 0 radical (unpaired) electrons. The summed E-state index contributed by atoms with van der Waals surface area (Å²) in [5.74, 6) is 1.87. The molecule has 1 N–H and O–H groups in total. The van der Waals surface area contributed by atoms with Crippen LogP contribution >= 0.6 is 0 Å². The summed E-state index contributed by atoms with van der Waals surface area (Å²) in [6, 6.07) is 14.2. The van der Waals surface area contributed by atoms with Crippen LogP contribution in [0.2, 0.25) is 0 Å². The van der Waals surface area contributed by atoms with Gasteiger partial charge in [0.1, 0.15) is 0 Å². The van der Waals surface area contributed by atoms with Crippen LogP contribution < -0.4 is 14.2 Å². The van der Waals surface area contributed by atoms with Gasteiger partial charge in [0, 0.05) is 23.5 Å². The molecule has 0 bridgehead atoms. The van der Waals surface area contributed by atoms with E-state index in [-0.39, 0.29) is 0 Å². The second-order valence-electron chi connectivity index (χ2n) is 5.06. The van der Waals surface area contributed by atoms with Crippen LogP contribution in [0.1, 0.15) is 0 Å². The van der Waals surface area contributed by atoms with E-state index in [9.17, 15) is 0 Å². The lowest BCUT2D eigenvalue weighted by Gasteiger charge is -2.14. The fourth-order valence-corrected chi connectivity index (χ4v) is 2.70. The lowest BCUT2D eigenvalue weighted by atomic mass is 9.98. The molecule has 0 spiro atoms. The Labute approximate surface area is 135 Å². The largest absolute Gasteiger partial charge is 0.493 e. The van der Waals surface area contributed by atoms with E-state index < -0.39 is 0 Å². The zero-order valence-electron chi connectivity index (χ0n) is 13.4. The minimum atomic E-state index is 0.593. The molecule has 23 heavy (non-hydrogen) atoms. The number of H-pyrrole nitrogens is 1. The van der Waals surface area contributed by atoms with Gasteiger partial charge in [0.15, 0.2) is 11.5 Å². The van der Waals surface area contributed by atoms with E-state index in [1.807, 2.05) is 42.7 Å². The Bertz CT molecular complexity index is 768. The standard InChI is InChI=1S/C19H19NO3/c1-21-17-9-14(10-18(22-2)19(17)23-3)16-12-20-11-15(16)13-7-5-4-6-8-13/h4-12,20H,1-3H3. The zero-order valence-corrected chi connectivity index (χ0v) is 13.4. The van der Waals surface area contributed by atoms with Crippen LogP contribution in [0.25, 0.3) is 22.3 Å². The summed E-state index contributed by atoms with van der Waals surface area (Å²) < 4.78 is 16.3. The molecule has 4 nitrogen and oxygen atoms in total. The minimum absolute atomic E-state index is 0.593. The Morgan fingerprint density at radius 2 is 1.26 bits per heavy atom. The second-order valence-corrected chi connectivity index (χ2v) is 5.06. The van der Waals surface area contributed by atoms with Crippen LogP contribution in [0.5, 0.6) is 17.2 Å². The average molecular weight is 309 g/mol. The number of benzene rings is 2. The lowest BCUT2D eigenvalue weighted by molar-refractivity contribution is 0.324. The van der Waals surface area contributed by atoms with Crippen molar-refractivity contribution in [1.29, 1.82) is 0 Å². The lowest BCUT2D eigenvalue weighted by Crippen LogP contribution is -1.95. The zero-order chi connectivity index (χ0) is 16.2. The summed E-state index contributed by atoms with van der Waals surface area (Å²) in [6.45, 7) is 0. The van der Waals surface area contributed by atoms with Crippen LogP contribution in [-0.2, 0) is 0 Å². The highest BCUT2D eigenvalue weighted by Gasteiger charge is 2.16. The van der Waals surface area contributed by atoms with Gasteiger partial charge >= 0.3 is 0 Å². The van der Waals surface area contributed by atoms with Gasteiger partial charge in [0.05, 0.1) is 21.3 Å². The van der Waals surface area contributed by atoms with Crippen LogP contribution in [-0.4, -0.2) is 26.3 Å². The van der Waals surface area contributed by atoms with Gasteiger partial charge in [-0.2, -0.15) is 0 Å². The average Bonchev–Trinajstić information content (AvgIpc) is 3.10. The molecule has 4 heteroatoms. The number of nitrogens with one attached hydrogen (secondary N) is 1. The topological polar surface area (TPSA) is 43.5 Å². The number of ether oxygens (including phenoxy) is 3. The molecule has 3 aromatic rings. The normalized spacial score (nSPS) is 10.4. The molecule has 0 aliphatic rings. The van der Waals surface area contributed by atoms with Gasteiger partial charge in [0.2, 0.25) is 5.75 Å². The summed E-state index contributed by atoms with van der Waals surface area (Å²) in [5.41, 5.74) is 4.35. The van der Waals surface area contributed by atoms with Crippen LogP contribution in [0.15, 0.2) is 54.9 Å². The Morgan fingerprint density at radius 3 is 1.78 bits per heavy atom. The molecule has 0 unspecified atom stereocenters. The summed E-state index contributed by atoms with van der Waals surface area (Å²) in [6.07, 6.45) is 3.97. The Morgan fingerprint density at radius 1 is 0.696 bits per heavy atom. The first-order chi connectivity index (χ1) is 11.3. The highest BCUT2D eigenvalue weighted by Crippen LogP contribution is 2.43.